The first-order valence-electron chi connectivity index (χ1n) is 10.3. The quantitative estimate of drug-likeness (QED) is 0.254. The smallest absolute Gasteiger partial charge is 0.335 e. The molecular weight excluding hydrogens is 324 g/mol. The first kappa shape index (κ1) is 22.3. The third-order valence-electron chi connectivity index (χ3n) is 4.59. The minimum Gasteiger partial charge on any atom is -0.490 e. The summed E-state index contributed by atoms with van der Waals surface area (Å²) in [6.45, 7) is 2.80. The van der Waals surface area contributed by atoms with E-state index in [4.69, 9.17) is 9.84 Å². The van der Waals surface area contributed by atoms with Crippen molar-refractivity contribution in [2.24, 2.45) is 0 Å². The minimum atomic E-state index is -0.914. The first-order valence-corrected chi connectivity index (χ1v) is 10.3. The lowest BCUT2D eigenvalue weighted by atomic mass is 10.1. The van der Waals surface area contributed by atoms with Gasteiger partial charge >= 0.3 is 5.97 Å². The average Bonchev–Trinajstić information content (AvgIpc) is 2.65. The predicted octanol–water partition coefficient (Wildman–Crippen LogP) is 7.02. The molecule has 0 spiro atoms. The van der Waals surface area contributed by atoms with Gasteiger partial charge in [-0.1, -0.05) is 83.3 Å². The van der Waals surface area contributed by atoms with Gasteiger partial charge in [0, 0.05) is 0 Å². The summed E-state index contributed by atoms with van der Waals surface area (Å²) < 4.78 is 5.57. The van der Waals surface area contributed by atoms with E-state index in [1.807, 2.05) is 6.08 Å². The Kier molecular flexibility index (Phi) is 13.3. The molecule has 0 saturated carbocycles. The van der Waals surface area contributed by atoms with Gasteiger partial charge in [-0.3, -0.25) is 0 Å². The number of rotatable bonds is 16. The molecule has 1 rings (SSSR count). The third kappa shape index (κ3) is 11.7. The van der Waals surface area contributed by atoms with Crippen LogP contribution in [0.1, 0.15) is 94.3 Å². The van der Waals surface area contributed by atoms with E-state index in [1.54, 1.807) is 24.3 Å². The van der Waals surface area contributed by atoms with Crippen molar-refractivity contribution >= 4 is 5.97 Å². The van der Waals surface area contributed by atoms with Gasteiger partial charge in [0.05, 0.1) is 5.56 Å². The van der Waals surface area contributed by atoms with Crippen LogP contribution in [-0.4, -0.2) is 17.7 Å². The van der Waals surface area contributed by atoms with E-state index in [2.05, 4.69) is 13.0 Å². The molecule has 1 aromatic rings. The fourth-order valence-corrected chi connectivity index (χ4v) is 2.95. The van der Waals surface area contributed by atoms with Gasteiger partial charge in [0.15, 0.2) is 0 Å². The minimum absolute atomic E-state index is 0.282. The molecule has 3 nitrogen and oxygen atoms in total. The van der Waals surface area contributed by atoms with Crippen LogP contribution < -0.4 is 4.74 Å². The van der Waals surface area contributed by atoms with Crippen molar-refractivity contribution in [1.29, 1.82) is 0 Å². The van der Waals surface area contributed by atoms with Crippen LogP contribution in [0, 0.1) is 0 Å². The second-order valence-corrected chi connectivity index (χ2v) is 6.94. The summed E-state index contributed by atoms with van der Waals surface area (Å²) in [5.41, 5.74) is 0.282. The fraction of sp³-hybridized carbons (Fsp3) is 0.609. The predicted molar refractivity (Wildman–Crippen MR) is 109 cm³/mol. The van der Waals surface area contributed by atoms with Crippen molar-refractivity contribution in [3.63, 3.8) is 0 Å². The fourth-order valence-electron chi connectivity index (χ4n) is 2.95. The summed E-state index contributed by atoms with van der Waals surface area (Å²) in [5.74, 6) is -0.210. The summed E-state index contributed by atoms with van der Waals surface area (Å²) in [7, 11) is 0. The highest BCUT2D eigenvalue weighted by Crippen LogP contribution is 2.13. The van der Waals surface area contributed by atoms with Crippen LogP contribution in [0.5, 0.6) is 5.75 Å². The van der Waals surface area contributed by atoms with E-state index >= 15 is 0 Å². The zero-order valence-electron chi connectivity index (χ0n) is 16.4. The molecule has 1 N–H and O–H groups in total. The van der Waals surface area contributed by atoms with E-state index < -0.39 is 5.97 Å². The Balaban J connectivity index is 1.89. The second kappa shape index (κ2) is 15.5. The number of carboxylic acids is 1. The molecular formula is C23H36O3. The van der Waals surface area contributed by atoms with Crippen LogP contribution in [0.4, 0.5) is 0 Å². The molecule has 0 atom stereocenters. The maximum Gasteiger partial charge on any atom is 0.335 e. The zero-order chi connectivity index (χ0) is 18.9. The Morgan fingerprint density at radius 2 is 1.38 bits per heavy atom. The van der Waals surface area contributed by atoms with Gasteiger partial charge in [0.25, 0.3) is 0 Å². The highest BCUT2D eigenvalue weighted by atomic mass is 16.5. The van der Waals surface area contributed by atoms with Crippen LogP contribution in [0.3, 0.4) is 0 Å². The molecule has 0 amide bonds. The summed E-state index contributed by atoms with van der Waals surface area (Å²) in [4.78, 5) is 10.8. The van der Waals surface area contributed by atoms with E-state index in [0.29, 0.717) is 12.4 Å². The topological polar surface area (TPSA) is 46.5 Å². The number of unbranched alkanes of at least 4 members (excludes halogenated alkanes) is 11. The Morgan fingerprint density at radius 1 is 0.846 bits per heavy atom. The van der Waals surface area contributed by atoms with Gasteiger partial charge in [-0.25, -0.2) is 4.79 Å². The molecule has 3 heteroatoms. The van der Waals surface area contributed by atoms with Crippen molar-refractivity contribution in [2.45, 2.75) is 84.0 Å². The number of hydrogen-bond acceptors (Lipinski definition) is 2. The molecule has 0 bridgehead atoms. The Bertz CT molecular complexity index is 491. The molecule has 0 aliphatic heterocycles. The second-order valence-electron chi connectivity index (χ2n) is 6.94. The monoisotopic (exact) mass is 360 g/mol. The van der Waals surface area contributed by atoms with Gasteiger partial charge in [-0.05, 0) is 37.1 Å². The normalized spacial score (nSPS) is 11.1. The lowest BCUT2D eigenvalue weighted by molar-refractivity contribution is 0.0697. The largest absolute Gasteiger partial charge is 0.490 e. The van der Waals surface area contributed by atoms with Crippen LogP contribution in [-0.2, 0) is 0 Å². The standard InChI is InChI=1S/C23H36O3/c1-2-3-4-5-6-7-8-9-10-11-12-13-14-15-20-26-22-18-16-21(17-19-22)23(24)25/h14-19H,2-13,20H2,1H3,(H,24,25)/b15-14+. The number of ether oxygens (including phenoxy) is 1. The Labute approximate surface area is 159 Å². The van der Waals surface area contributed by atoms with Crippen LogP contribution in [0.2, 0.25) is 0 Å². The van der Waals surface area contributed by atoms with Gasteiger partial charge in [0.1, 0.15) is 12.4 Å². The number of hydrogen-bond donors (Lipinski definition) is 1. The summed E-state index contributed by atoms with van der Waals surface area (Å²) in [6.07, 6.45) is 20.4. The van der Waals surface area contributed by atoms with Crippen molar-refractivity contribution in [2.75, 3.05) is 6.61 Å². The van der Waals surface area contributed by atoms with Crippen LogP contribution in [0.15, 0.2) is 36.4 Å². The lowest BCUT2D eigenvalue weighted by Gasteiger charge is -2.03. The molecule has 0 radical (unpaired) electrons. The van der Waals surface area contributed by atoms with Crippen LogP contribution in [0.25, 0.3) is 0 Å². The molecule has 0 unspecified atom stereocenters. The SMILES string of the molecule is CCCCCCCCCCCCC/C=C/COc1ccc(C(=O)O)cc1. The van der Waals surface area contributed by atoms with E-state index in [1.165, 1.54) is 70.6 Å². The Hall–Kier alpha value is -1.77. The van der Waals surface area contributed by atoms with Crippen molar-refractivity contribution in [3.8, 4) is 5.75 Å². The van der Waals surface area contributed by atoms with Crippen molar-refractivity contribution in [3.05, 3.63) is 42.0 Å². The molecule has 0 aromatic heterocycles. The molecule has 0 aliphatic rings. The lowest BCUT2D eigenvalue weighted by Crippen LogP contribution is -1.97. The molecule has 146 valence electrons. The Morgan fingerprint density at radius 3 is 1.92 bits per heavy atom. The van der Waals surface area contributed by atoms with Gasteiger partial charge in [-0.15, -0.1) is 0 Å². The highest BCUT2D eigenvalue weighted by Gasteiger charge is 2.01. The number of benzene rings is 1. The molecule has 0 fully saturated rings. The maximum atomic E-state index is 10.8. The molecule has 1 aromatic carbocycles. The van der Waals surface area contributed by atoms with Crippen LogP contribution >= 0.6 is 0 Å². The number of carbonyl (C=O) groups is 1. The molecule has 26 heavy (non-hydrogen) atoms. The number of allylic oxidation sites excluding steroid dienone is 1. The van der Waals surface area contributed by atoms with Gasteiger partial charge < -0.3 is 9.84 Å². The summed E-state index contributed by atoms with van der Waals surface area (Å²) >= 11 is 0. The van der Waals surface area contributed by atoms with Gasteiger partial charge in [0.2, 0.25) is 0 Å². The highest BCUT2D eigenvalue weighted by molar-refractivity contribution is 5.87. The van der Waals surface area contributed by atoms with E-state index in [-0.39, 0.29) is 5.56 Å². The van der Waals surface area contributed by atoms with E-state index in [0.717, 1.165) is 6.42 Å². The molecule has 0 saturated heterocycles. The third-order valence-corrected chi connectivity index (χ3v) is 4.59. The molecule has 0 aliphatic carbocycles. The van der Waals surface area contributed by atoms with Gasteiger partial charge in [-0.2, -0.15) is 0 Å². The van der Waals surface area contributed by atoms with Crippen molar-refractivity contribution in [1.82, 2.24) is 0 Å². The first-order chi connectivity index (χ1) is 12.7. The van der Waals surface area contributed by atoms with Crippen molar-refractivity contribution < 1.29 is 14.6 Å². The molecule has 0 heterocycles. The summed E-state index contributed by atoms with van der Waals surface area (Å²) in [6, 6.07) is 6.52. The summed E-state index contributed by atoms with van der Waals surface area (Å²) in [5, 5.41) is 8.84. The maximum absolute atomic E-state index is 10.8. The number of carboxylic acid groups (broad SMARTS) is 1. The zero-order valence-corrected chi connectivity index (χ0v) is 16.4. The number of aromatic carboxylic acids is 1. The average molecular weight is 361 g/mol. The van der Waals surface area contributed by atoms with E-state index in [9.17, 15) is 4.79 Å².